The minimum atomic E-state index is -3.87. The number of hydrogen-bond acceptors (Lipinski definition) is 5. The molecule has 3 N–H and O–H groups in total. The molecule has 0 aliphatic heterocycles. The monoisotopic (exact) mass is 329 g/mol. The first-order chi connectivity index (χ1) is 9.85. The average Bonchev–Trinajstić information content (AvgIpc) is 2.76. The topological polar surface area (TPSA) is 103 Å². The number of nitrogen functional groups attached to an aromatic ring is 1. The van der Waals surface area contributed by atoms with E-state index in [9.17, 15) is 8.42 Å². The van der Waals surface area contributed by atoms with Crippen molar-refractivity contribution in [1.82, 2.24) is 14.8 Å². The molecule has 0 amide bonds. The first kappa shape index (κ1) is 15.6. The van der Waals surface area contributed by atoms with Crippen LogP contribution in [-0.4, -0.2) is 23.2 Å². The zero-order valence-corrected chi connectivity index (χ0v) is 13.2. The van der Waals surface area contributed by atoms with Gasteiger partial charge in [-0.25, -0.2) is 13.4 Å². The van der Waals surface area contributed by atoms with Crippen LogP contribution in [0.1, 0.15) is 18.9 Å². The van der Waals surface area contributed by atoms with Gasteiger partial charge in [-0.15, -0.1) is 0 Å². The van der Waals surface area contributed by atoms with E-state index < -0.39 is 10.0 Å². The normalized spacial score (nSPS) is 11.6. The predicted molar refractivity (Wildman–Crippen MR) is 81.7 cm³/mol. The summed E-state index contributed by atoms with van der Waals surface area (Å²) in [5, 5.41) is 4.06. The van der Waals surface area contributed by atoms with Gasteiger partial charge < -0.3 is 5.73 Å². The number of aromatic nitrogens is 3. The number of nitrogens with zero attached hydrogens (tertiary/aromatic N) is 3. The second-order valence-corrected chi connectivity index (χ2v) is 6.55. The van der Waals surface area contributed by atoms with Crippen LogP contribution in [0.15, 0.2) is 23.4 Å². The Labute approximate surface area is 128 Å². The Balaban J connectivity index is 2.39. The van der Waals surface area contributed by atoms with Crippen molar-refractivity contribution in [2.24, 2.45) is 0 Å². The van der Waals surface area contributed by atoms with Gasteiger partial charge in [-0.3, -0.25) is 9.40 Å². The van der Waals surface area contributed by atoms with E-state index in [0.29, 0.717) is 12.1 Å². The second-order valence-electron chi connectivity index (χ2n) is 4.54. The third-order valence-electron chi connectivity index (χ3n) is 2.85. The van der Waals surface area contributed by atoms with Crippen molar-refractivity contribution in [2.75, 3.05) is 10.5 Å². The largest absolute Gasteiger partial charge is 0.381 e. The van der Waals surface area contributed by atoms with E-state index in [-0.39, 0.29) is 21.6 Å². The first-order valence-electron chi connectivity index (χ1n) is 6.32. The van der Waals surface area contributed by atoms with Crippen molar-refractivity contribution in [2.45, 2.75) is 31.7 Å². The summed E-state index contributed by atoms with van der Waals surface area (Å²) >= 11 is 5.93. The molecule has 0 bridgehead atoms. The Morgan fingerprint density at radius 3 is 2.81 bits per heavy atom. The van der Waals surface area contributed by atoms with Crippen LogP contribution in [0, 0.1) is 6.92 Å². The molecular weight excluding hydrogens is 314 g/mol. The van der Waals surface area contributed by atoms with Crippen LogP contribution in [0.2, 0.25) is 5.15 Å². The highest BCUT2D eigenvalue weighted by Gasteiger charge is 2.23. The van der Waals surface area contributed by atoms with Crippen molar-refractivity contribution < 1.29 is 8.42 Å². The second kappa shape index (κ2) is 5.90. The maximum absolute atomic E-state index is 12.4. The van der Waals surface area contributed by atoms with E-state index >= 15 is 0 Å². The standard InChI is InChI=1S/C12H16ClN5O2S/c1-3-6-18-7-9(12(14)16-18)21(19,20)17-10-8(2)4-5-15-11(10)13/h4-5,7,17H,3,6H2,1-2H3,(H2,14,16). The molecule has 0 aliphatic rings. The number of aryl methyl sites for hydroxylation is 2. The Morgan fingerprint density at radius 2 is 2.19 bits per heavy atom. The molecule has 0 aliphatic carbocycles. The number of rotatable bonds is 5. The smallest absolute Gasteiger partial charge is 0.267 e. The van der Waals surface area contributed by atoms with Gasteiger partial charge in [0.1, 0.15) is 4.90 Å². The maximum Gasteiger partial charge on any atom is 0.267 e. The molecule has 2 rings (SSSR count). The Hall–Kier alpha value is -1.80. The lowest BCUT2D eigenvalue weighted by molar-refractivity contribution is 0.595. The highest BCUT2D eigenvalue weighted by molar-refractivity contribution is 7.92. The maximum atomic E-state index is 12.4. The average molecular weight is 330 g/mol. The first-order valence-corrected chi connectivity index (χ1v) is 8.18. The molecule has 7 nitrogen and oxygen atoms in total. The molecule has 0 spiro atoms. The molecule has 0 aromatic carbocycles. The van der Waals surface area contributed by atoms with Gasteiger partial charge in [0.15, 0.2) is 11.0 Å². The molecule has 2 heterocycles. The third kappa shape index (κ3) is 3.27. The zero-order chi connectivity index (χ0) is 15.6. The number of nitrogens with one attached hydrogen (secondary N) is 1. The van der Waals surface area contributed by atoms with Gasteiger partial charge in [-0.1, -0.05) is 18.5 Å². The van der Waals surface area contributed by atoms with Crippen LogP contribution in [-0.2, 0) is 16.6 Å². The van der Waals surface area contributed by atoms with E-state index in [1.54, 1.807) is 13.0 Å². The number of nitrogens with two attached hydrogens (primary N) is 1. The lowest BCUT2D eigenvalue weighted by Gasteiger charge is -2.10. The van der Waals surface area contributed by atoms with Gasteiger partial charge in [0.25, 0.3) is 10.0 Å². The van der Waals surface area contributed by atoms with E-state index in [2.05, 4.69) is 14.8 Å². The molecule has 2 aromatic heterocycles. The molecular formula is C12H16ClN5O2S. The minimum Gasteiger partial charge on any atom is -0.381 e. The number of sulfonamides is 1. The highest BCUT2D eigenvalue weighted by atomic mass is 35.5. The SMILES string of the molecule is CCCn1cc(S(=O)(=O)Nc2c(C)ccnc2Cl)c(N)n1. The zero-order valence-electron chi connectivity index (χ0n) is 11.7. The van der Waals surface area contributed by atoms with Gasteiger partial charge in [0, 0.05) is 18.9 Å². The molecule has 0 radical (unpaired) electrons. The van der Waals surface area contributed by atoms with Crippen LogP contribution in [0.25, 0.3) is 0 Å². The number of anilines is 2. The highest BCUT2D eigenvalue weighted by Crippen LogP contribution is 2.27. The molecule has 114 valence electrons. The predicted octanol–water partition coefficient (Wildman–Crippen LogP) is 2.03. The van der Waals surface area contributed by atoms with E-state index in [0.717, 1.165) is 6.42 Å². The Morgan fingerprint density at radius 1 is 1.48 bits per heavy atom. The summed E-state index contributed by atoms with van der Waals surface area (Å²) in [6, 6.07) is 1.66. The number of halogens is 1. The van der Waals surface area contributed by atoms with E-state index in [1.165, 1.54) is 17.1 Å². The number of pyridine rings is 1. The molecule has 0 atom stereocenters. The van der Waals surface area contributed by atoms with Crippen molar-refractivity contribution in [3.63, 3.8) is 0 Å². The van der Waals surface area contributed by atoms with Crippen molar-refractivity contribution in [1.29, 1.82) is 0 Å². The summed E-state index contributed by atoms with van der Waals surface area (Å²) in [5.41, 5.74) is 6.59. The third-order valence-corrected chi connectivity index (χ3v) is 4.50. The quantitative estimate of drug-likeness (QED) is 0.817. The summed E-state index contributed by atoms with van der Waals surface area (Å²) in [4.78, 5) is 3.79. The van der Waals surface area contributed by atoms with Crippen molar-refractivity contribution >= 4 is 33.1 Å². The van der Waals surface area contributed by atoms with Crippen LogP contribution in [0.5, 0.6) is 0 Å². The summed E-state index contributed by atoms with van der Waals surface area (Å²) < 4.78 is 28.7. The van der Waals surface area contributed by atoms with Gasteiger partial charge in [0.05, 0.1) is 5.69 Å². The van der Waals surface area contributed by atoms with Gasteiger partial charge in [-0.05, 0) is 25.0 Å². The van der Waals surface area contributed by atoms with Crippen molar-refractivity contribution in [3.8, 4) is 0 Å². The molecule has 2 aromatic rings. The molecule has 9 heteroatoms. The van der Waals surface area contributed by atoms with Gasteiger partial charge in [-0.2, -0.15) is 5.10 Å². The molecule has 0 saturated heterocycles. The van der Waals surface area contributed by atoms with Crippen LogP contribution in [0.3, 0.4) is 0 Å². The van der Waals surface area contributed by atoms with Crippen LogP contribution >= 0.6 is 11.6 Å². The minimum absolute atomic E-state index is 0.0476. The fourth-order valence-electron chi connectivity index (χ4n) is 1.81. The summed E-state index contributed by atoms with van der Waals surface area (Å²) in [6.07, 6.45) is 3.73. The summed E-state index contributed by atoms with van der Waals surface area (Å²) in [5.74, 6) is -0.0476. The van der Waals surface area contributed by atoms with Crippen LogP contribution < -0.4 is 10.5 Å². The molecule has 0 unspecified atom stereocenters. The van der Waals surface area contributed by atoms with E-state index in [1.807, 2.05) is 6.92 Å². The van der Waals surface area contributed by atoms with Crippen molar-refractivity contribution in [3.05, 3.63) is 29.2 Å². The summed E-state index contributed by atoms with van der Waals surface area (Å²) in [7, 11) is -3.87. The molecule has 0 fully saturated rings. The Bertz CT molecular complexity index is 737. The number of hydrogen-bond donors (Lipinski definition) is 2. The molecule has 0 saturated carbocycles. The fraction of sp³-hybridized carbons (Fsp3) is 0.333. The Kier molecular flexibility index (Phi) is 4.38. The lowest BCUT2D eigenvalue weighted by atomic mass is 10.3. The van der Waals surface area contributed by atoms with Gasteiger partial charge in [0.2, 0.25) is 0 Å². The van der Waals surface area contributed by atoms with Gasteiger partial charge >= 0.3 is 0 Å². The lowest BCUT2D eigenvalue weighted by Crippen LogP contribution is -2.15. The fourth-order valence-corrected chi connectivity index (χ4v) is 3.33. The molecule has 21 heavy (non-hydrogen) atoms. The summed E-state index contributed by atoms with van der Waals surface area (Å²) in [6.45, 7) is 4.28. The van der Waals surface area contributed by atoms with E-state index in [4.69, 9.17) is 17.3 Å². The van der Waals surface area contributed by atoms with Crippen LogP contribution in [0.4, 0.5) is 11.5 Å².